The molecular formula is C21H23N3O6S. The molecule has 0 aliphatic heterocycles. The Labute approximate surface area is 179 Å². The van der Waals surface area contributed by atoms with Crippen molar-refractivity contribution in [3.63, 3.8) is 0 Å². The number of hydrogen-bond acceptors (Lipinski definition) is 6. The lowest BCUT2D eigenvalue weighted by atomic mass is 10.1. The van der Waals surface area contributed by atoms with Gasteiger partial charge in [-0.05, 0) is 57.2 Å². The molecule has 9 nitrogen and oxygen atoms in total. The van der Waals surface area contributed by atoms with Crippen molar-refractivity contribution in [3.8, 4) is 0 Å². The zero-order valence-corrected chi connectivity index (χ0v) is 18.1. The first-order valence-corrected chi connectivity index (χ1v) is 10.9. The van der Waals surface area contributed by atoms with Gasteiger partial charge >= 0.3 is 0 Å². The molecule has 0 fully saturated rings. The molecule has 31 heavy (non-hydrogen) atoms. The van der Waals surface area contributed by atoms with Crippen LogP contribution >= 0.6 is 0 Å². The Balaban J connectivity index is 1.73. The molecule has 3 N–H and O–H groups in total. The number of rotatable bonds is 7. The van der Waals surface area contributed by atoms with Crippen molar-refractivity contribution in [2.24, 2.45) is 0 Å². The molecule has 0 radical (unpaired) electrons. The van der Waals surface area contributed by atoms with Gasteiger partial charge in [-0.2, -0.15) is 0 Å². The van der Waals surface area contributed by atoms with E-state index >= 15 is 0 Å². The van der Waals surface area contributed by atoms with Gasteiger partial charge in [-0.15, -0.1) is 0 Å². The molecule has 0 saturated carbocycles. The molecule has 0 atom stereocenters. The Morgan fingerprint density at radius 1 is 0.968 bits per heavy atom. The second-order valence-electron chi connectivity index (χ2n) is 7.74. The number of sulfonamides is 1. The summed E-state index contributed by atoms with van der Waals surface area (Å²) in [6, 6.07) is 12.3. The van der Waals surface area contributed by atoms with Gasteiger partial charge in [-0.25, -0.2) is 13.1 Å². The lowest BCUT2D eigenvalue weighted by molar-refractivity contribution is 0.0949. The Hall–Kier alpha value is -3.37. The summed E-state index contributed by atoms with van der Waals surface area (Å²) in [5.41, 5.74) is -0.231. The predicted molar refractivity (Wildman–Crippen MR) is 113 cm³/mol. The van der Waals surface area contributed by atoms with Crippen LogP contribution in [-0.2, 0) is 16.6 Å². The molecule has 10 heteroatoms. The van der Waals surface area contributed by atoms with Crippen LogP contribution in [0.1, 0.15) is 47.4 Å². The molecule has 0 unspecified atom stereocenters. The quantitative estimate of drug-likeness (QED) is 0.512. The largest absolute Gasteiger partial charge is 0.467 e. The molecule has 2 amide bonds. The van der Waals surface area contributed by atoms with Gasteiger partial charge in [-0.3, -0.25) is 9.59 Å². The number of carbonyl (C=O) groups is 2. The van der Waals surface area contributed by atoms with E-state index in [9.17, 15) is 18.0 Å². The topological polar surface area (TPSA) is 131 Å². The smallest absolute Gasteiger partial charge is 0.291 e. The van der Waals surface area contributed by atoms with Gasteiger partial charge in [0.05, 0.1) is 24.1 Å². The lowest BCUT2D eigenvalue weighted by Crippen LogP contribution is -2.40. The first-order chi connectivity index (χ1) is 14.5. The van der Waals surface area contributed by atoms with Gasteiger partial charge in [0, 0.05) is 5.54 Å². The van der Waals surface area contributed by atoms with Crippen LogP contribution in [0.4, 0.5) is 5.69 Å². The number of benzene rings is 1. The van der Waals surface area contributed by atoms with Crippen LogP contribution in [0.2, 0.25) is 0 Å². The number of anilines is 1. The third-order valence-corrected chi connectivity index (χ3v) is 5.56. The van der Waals surface area contributed by atoms with Crippen molar-refractivity contribution in [2.45, 2.75) is 37.9 Å². The highest BCUT2D eigenvalue weighted by Crippen LogP contribution is 2.20. The van der Waals surface area contributed by atoms with Crippen molar-refractivity contribution in [1.29, 1.82) is 0 Å². The number of hydrogen-bond donors (Lipinski definition) is 3. The third-order valence-electron chi connectivity index (χ3n) is 3.93. The summed E-state index contributed by atoms with van der Waals surface area (Å²) in [4.78, 5) is 25.1. The van der Waals surface area contributed by atoms with E-state index in [2.05, 4.69) is 15.4 Å². The average molecular weight is 445 g/mol. The van der Waals surface area contributed by atoms with Crippen molar-refractivity contribution >= 4 is 27.5 Å². The Morgan fingerprint density at radius 2 is 1.71 bits per heavy atom. The second kappa shape index (κ2) is 8.78. The monoisotopic (exact) mass is 445 g/mol. The summed E-state index contributed by atoms with van der Waals surface area (Å²) in [7, 11) is -3.92. The fraction of sp³-hybridized carbons (Fsp3) is 0.238. The minimum absolute atomic E-state index is 0.189. The van der Waals surface area contributed by atoms with Crippen LogP contribution < -0.4 is 15.4 Å². The molecule has 164 valence electrons. The van der Waals surface area contributed by atoms with E-state index in [0.29, 0.717) is 5.76 Å². The van der Waals surface area contributed by atoms with Gasteiger partial charge in [-0.1, -0.05) is 12.1 Å². The zero-order valence-electron chi connectivity index (χ0n) is 17.3. The summed E-state index contributed by atoms with van der Waals surface area (Å²) in [5.74, 6) is -0.726. The number of para-hydroxylation sites is 1. The van der Waals surface area contributed by atoms with Crippen LogP contribution in [-0.4, -0.2) is 25.8 Å². The SMILES string of the molecule is CC(C)(C)NS(=O)(=O)c1ccc(C(=O)Nc2ccccc2C(=O)NCc2ccco2)o1. The fourth-order valence-electron chi connectivity index (χ4n) is 2.69. The lowest BCUT2D eigenvalue weighted by Gasteiger charge is -2.18. The van der Waals surface area contributed by atoms with Crippen molar-refractivity contribution in [3.05, 3.63) is 71.9 Å². The molecule has 2 aromatic heterocycles. The van der Waals surface area contributed by atoms with Gasteiger partial charge < -0.3 is 19.5 Å². The fourth-order valence-corrected chi connectivity index (χ4v) is 4.04. The van der Waals surface area contributed by atoms with E-state index in [1.165, 1.54) is 18.4 Å². The molecule has 0 spiro atoms. The van der Waals surface area contributed by atoms with E-state index in [-0.39, 0.29) is 28.6 Å². The van der Waals surface area contributed by atoms with E-state index in [4.69, 9.17) is 8.83 Å². The van der Waals surface area contributed by atoms with Gasteiger partial charge in [0.1, 0.15) is 5.76 Å². The summed E-state index contributed by atoms with van der Waals surface area (Å²) in [6.45, 7) is 5.26. The molecule has 0 aliphatic carbocycles. The van der Waals surface area contributed by atoms with E-state index in [1.54, 1.807) is 57.2 Å². The molecule has 0 saturated heterocycles. The van der Waals surface area contributed by atoms with Crippen LogP contribution in [0.3, 0.4) is 0 Å². The van der Waals surface area contributed by atoms with Gasteiger partial charge in [0.15, 0.2) is 5.76 Å². The van der Waals surface area contributed by atoms with Crippen LogP contribution in [0.5, 0.6) is 0 Å². The number of nitrogens with one attached hydrogen (secondary N) is 3. The standard InChI is InChI=1S/C21H23N3O6S/c1-21(2,3)24-31(27,28)18-11-10-17(30-18)20(26)23-16-9-5-4-8-15(16)19(25)22-13-14-7-6-12-29-14/h4-12,24H,13H2,1-3H3,(H,22,25)(H,23,26). The first-order valence-electron chi connectivity index (χ1n) is 9.40. The van der Waals surface area contributed by atoms with Gasteiger partial charge in [0.25, 0.3) is 21.8 Å². The van der Waals surface area contributed by atoms with Gasteiger partial charge in [0.2, 0.25) is 5.09 Å². The van der Waals surface area contributed by atoms with Crippen molar-refractivity contribution in [1.82, 2.24) is 10.0 Å². The summed E-state index contributed by atoms with van der Waals surface area (Å²) >= 11 is 0. The maximum atomic E-state index is 12.6. The second-order valence-corrected chi connectivity index (χ2v) is 9.35. The number of furan rings is 2. The maximum absolute atomic E-state index is 12.6. The molecule has 0 bridgehead atoms. The van der Waals surface area contributed by atoms with Crippen molar-refractivity contribution in [2.75, 3.05) is 5.32 Å². The number of carbonyl (C=O) groups excluding carboxylic acids is 2. The average Bonchev–Trinajstić information content (AvgIpc) is 3.37. The highest BCUT2D eigenvalue weighted by atomic mass is 32.2. The maximum Gasteiger partial charge on any atom is 0.291 e. The summed E-state index contributed by atoms with van der Waals surface area (Å²) in [6.07, 6.45) is 1.50. The molecular weight excluding hydrogens is 422 g/mol. The van der Waals surface area contributed by atoms with Crippen LogP contribution in [0.15, 0.2) is 68.7 Å². The summed E-state index contributed by atoms with van der Waals surface area (Å²) < 4.78 is 37.6. The van der Waals surface area contributed by atoms with Crippen LogP contribution in [0, 0.1) is 0 Å². The minimum atomic E-state index is -3.92. The predicted octanol–water partition coefficient (Wildman–Crippen LogP) is 3.13. The van der Waals surface area contributed by atoms with E-state index < -0.39 is 27.4 Å². The molecule has 2 heterocycles. The highest BCUT2D eigenvalue weighted by molar-refractivity contribution is 7.89. The Bertz CT molecular complexity index is 1170. The Kier molecular flexibility index (Phi) is 6.32. The third kappa shape index (κ3) is 5.83. The number of amides is 2. The normalized spacial score (nSPS) is 11.8. The van der Waals surface area contributed by atoms with E-state index in [1.807, 2.05) is 0 Å². The molecule has 0 aliphatic rings. The minimum Gasteiger partial charge on any atom is -0.467 e. The Morgan fingerprint density at radius 3 is 2.39 bits per heavy atom. The first kappa shape index (κ1) is 22.3. The van der Waals surface area contributed by atoms with E-state index in [0.717, 1.165) is 0 Å². The zero-order chi connectivity index (χ0) is 22.6. The highest BCUT2D eigenvalue weighted by Gasteiger charge is 2.26. The summed E-state index contributed by atoms with van der Waals surface area (Å²) in [5, 5.41) is 4.91. The molecule has 3 aromatic rings. The molecule has 3 rings (SSSR count). The van der Waals surface area contributed by atoms with Crippen LogP contribution in [0.25, 0.3) is 0 Å². The molecule has 1 aromatic carbocycles. The van der Waals surface area contributed by atoms with Crippen molar-refractivity contribution < 1.29 is 26.8 Å².